The van der Waals surface area contributed by atoms with Crippen LogP contribution in [-0.4, -0.2) is 41.3 Å². The number of alkyl carbamates (subject to hydrolysis) is 1. The van der Waals surface area contributed by atoms with Gasteiger partial charge in [-0.1, -0.05) is 58.6 Å². The Bertz CT molecular complexity index is 715. The fourth-order valence-electron chi connectivity index (χ4n) is 2.26. The van der Waals surface area contributed by atoms with Crippen molar-refractivity contribution in [1.29, 1.82) is 0 Å². The number of amides is 1. The van der Waals surface area contributed by atoms with Gasteiger partial charge in [0.2, 0.25) is 3.79 Å². The molecule has 1 rings (SSSR count). The van der Waals surface area contributed by atoms with Crippen LogP contribution >= 0.6 is 42.4 Å². The summed E-state index contributed by atoms with van der Waals surface area (Å²) in [5, 5.41) is 2.34. The molecule has 1 atom stereocenters. The van der Waals surface area contributed by atoms with Gasteiger partial charge in [-0.3, -0.25) is 9.36 Å². The highest BCUT2D eigenvalue weighted by Gasteiger charge is 2.39. The van der Waals surface area contributed by atoms with Crippen molar-refractivity contribution in [2.75, 3.05) is 19.8 Å². The quantitative estimate of drug-likeness (QED) is 0.283. The lowest BCUT2D eigenvalue weighted by atomic mass is 10.1. The third kappa shape index (κ3) is 8.68. The normalized spacial score (nSPS) is 13.1. The average molecular weight is 475 g/mol. The molecule has 0 spiro atoms. The van der Waals surface area contributed by atoms with Gasteiger partial charge in [0.1, 0.15) is 12.4 Å². The van der Waals surface area contributed by atoms with E-state index in [2.05, 4.69) is 5.32 Å². The maximum Gasteiger partial charge on any atom is 0.408 e. The monoisotopic (exact) mass is 473 g/mol. The maximum absolute atomic E-state index is 13.1. The van der Waals surface area contributed by atoms with Crippen molar-refractivity contribution in [3.8, 4) is 0 Å². The SMILES string of the molecule is CCOP(=O)(OCC)[C@H](CC(=O)c1cccc(C)c1)NC(=O)OCC(Cl)(Cl)Cl. The van der Waals surface area contributed by atoms with Crippen molar-refractivity contribution in [1.82, 2.24) is 5.32 Å². The second-order valence-corrected chi connectivity index (χ2v) is 10.5. The van der Waals surface area contributed by atoms with E-state index in [1.807, 2.05) is 13.0 Å². The fraction of sp³-hybridized carbons (Fsp3) is 0.529. The van der Waals surface area contributed by atoms with Gasteiger partial charge in [0.05, 0.1) is 13.2 Å². The summed E-state index contributed by atoms with van der Waals surface area (Å²) in [6.45, 7) is 4.65. The summed E-state index contributed by atoms with van der Waals surface area (Å²) in [7, 11) is -3.87. The van der Waals surface area contributed by atoms with E-state index in [1.165, 1.54) is 0 Å². The Morgan fingerprint density at radius 2 is 1.79 bits per heavy atom. The number of hydrogen-bond donors (Lipinski definition) is 1. The van der Waals surface area contributed by atoms with E-state index in [-0.39, 0.29) is 25.4 Å². The van der Waals surface area contributed by atoms with Gasteiger partial charge in [0.25, 0.3) is 0 Å². The molecular weight excluding hydrogens is 452 g/mol. The Balaban J connectivity index is 3.04. The number of carbonyl (C=O) groups excluding carboxylic acids is 2. The molecule has 0 unspecified atom stereocenters. The van der Waals surface area contributed by atoms with E-state index >= 15 is 0 Å². The molecule has 158 valence electrons. The van der Waals surface area contributed by atoms with Crippen LogP contribution in [0.25, 0.3) is 0 Å². The number of rotatable bonds is 10. The van der Waals surface area contributed by atoms with E-state index in [0.29, 0.717) is 5.56 Å². The molecule has 7 nitrogen and oxygen atoms in total. The lowest BCUT2D eigenvalue weighted by Gasteiger charge is -2.26. The van der Waals surface area contributed by atoms with Crippen LogP contribution in [0.1, 0.15) is 36.2 Å². The van der Waals surface area contributed by atoms with Crippen LogP contribution in [0.3, 0.4) is 0 Å². The Morgan fingerprint density at radius 3 is 2.29 bits per heavy atom. The van der Waals surface area contributed by atoms with Crippen LogP contribution in [0, 0.1) is 6.92 Å². The number of alkyl halides is 3. The van der Waals surface area contributed by atoms with Gasteiger partial charge in [-0.15, -0.1) is 0 Å². The fourth-order valence-corrected chi connectivity index (χ4v) is 4.23. The number of ketones is 1. The molecule has 0 bridgehead atoms. The Kier molecular flexibility index (Phi) is 10.3. The average Bonchev–Trinajstić information content (AvgIpc) is 2.59. The number of nitrogens with one attached hydrogen (secondary N) is 1. The predicted molar refractivity (Wildman–Crippen MR) is 110 cm³/mol. The van der Waals surface area contributed by atoms with Gasteiger partial charge >= 0.3 is 13.7 Å². The first kappa shape index (κ1) is 25.2. The molecule has 0 heterocycles. The number of benzene rings is 1. The van der Waals surface area contributed by atoms with Crippen molar-refractivity contribution in [2.24, 2.45) is 0 Å². The molecule has 11 heteroatoms. The van der Waals surface area contributed by atoms with Crippen molar-refractivity contribution in [3.05, 3.63) is 35.4 Å². The summed E-state index contributed by atoms with van der Waals surface area (Å²) in [6.07, 6.45) is -1.35. The van der Waals surface area contributed by atoms with E-state index in [9.17, 15) is 14.2 Å². The van der Waals surface area contributed by atoms with E-state index in [1.54, 1.807) is 32.0 Å². The highest BCUT2D eigenvalue weighted by Crippen LogP contribution is 2.53. The Hall–Kier alpha value is -0.820. The lowest BCUT2D eigenvalue weighted by Crippen LogP contribution is -2.39. The van der Waals surface area contributed by atoms with Crippen molar-refractivity contribution >= 4 is 54.3 Å². The molecular formula is C17H23Cl3NO6P. The molecule has 0 fully saturated rings. The highest BCUT2D eigenvalue weighted by molar-refractivity contribution is 7.54. The van der Waals surface area contributed by atoms with Gasteiger partial charge in [-0.2, -0.15) is 0 Å². The number of hydrogen-bond acceptors (Lipinski definition) is 6. The summed E-state index contributed by atoms with van der Waals surface area (Å²) in [6, 6.07) is 6.88. The van der Waals surface area contributed by atoms with Gasteiger partial charge in [0.15, 0.2) is 5.78 Å². The molecule has 28 heavy (non-hydrogen) atoms. The third-order valence-corrected chi connectivity index (χ3v) is 6.01. The second-order valence-electron chi connectivity index (χ2n) is 5.72. The standard InChI is InChI=1S/C17H23Cl3NO6P/c1-4-26-28(24,27-5-2)15(21-16(23)25-11-17(18,19)20)10-14(22)13-8-6-7-12(3)9-13/h6-9,15H,4-5,10-11H2,1-3H3,(H,21,23)/t15-/m1/s1. The topological polar surface area (TPSA) is 90.9 Å². The number of aryl methyl sites for hydroxylation is 1. The van der Waals surface area contributed by atoms with Crippen molar-refractivity contribution in [2.45, 2.75) is 36.8 Å². The molecule has 0 aliphatic carbocycles. The van der Waals surface area contributed by atoms with Gasteiger partial charge in [-0.05, 0) is 26.8 Å². The van der Waals surface area contributed by atoms with Crippen LogP contribution in [0.15, 0.2) is 24.3 Å². The van der Waals surface area contributed by atoms with Crippen LogP contribution in [0.2, 0.25) is 0 Å². The van der Waals surface area contributed by atoms with Crippen LogP contribution in [0.4, 0.5) is 4.79 Å². The minimum atomic E-state index is -3.87. The number of ether oxygens (including phenoxy) is 1. The predicted octanol–water partition coefficient (Wildman–Crippen LogP) is 5.26. The zero-order valence-corrected chi connectivity index (χ0v) is 18.9. The summed E-state index contributed by atoms with van der Waals surface area (Å²) < 4.78 is 26.7. The minimum Gasteiger partial charge on any atom is -0.445 e. The highest BCUT2D eigenvalue weighted by atomic mass is 35.6. The first-order chi connectivity index (χ1) is 13.0. The van der Waals surface area contributed by atoms with Gasteiger partial charge < -0.3 is 19.1 Å². The van der Waals surface area contributed by atoms with Gasteiger partial charge in [-0.25, -0.2) is 4.79 Å². The zero-order valence-electron chi connectivity index (χ0n) is 15.7. The first-order valence-electron chi connectivity index (χ1n) is 8.49. The molecule has 0 aliphatic rings. The van der Waals surface area contributed by atoms with E-state index < -0.39 is 29.9 Å². The number of halogens is 3. The van der Waals surface area contributed by atoms with Crippen LogP contribution in [-0.2, 0) is 18.3 Å². The summed E-state index contributed by atoms with van der Waals surface area (Å²) in [5.41, 5.74) is 1.29. The third-order valence-electron chi connectivity index (χ3n) is 3.37. The van der Waals surface area contributed by atoms with Crippen LogP contribution in [0.5, 0.6) is 0 Å². The molecule has 0 radical (unpaired) electrons. The summed E-state index contributed by atoms with van der Waals surface area (Å²) in [4.78, 5) is 24.7. The van der Waals surface area contributed by atoms with Crippen LogP contribution < -0.4 is 5.32 Å². The van der Waals surface area contributed by atoms with Gasteiger partial charge in [0, 0.05) is 12.0 Å². The smallest absolute Gasteiger partial charge is 0.408 e. The van der Waals surface area contributed by atoms with E-state index in [4.69, 9.17) is 48.6 Å². The zero-order chi connectivity index (χ0) is 21.4. The minimum absolute atomic E-state index is 0.0529. The Labute approximate surface area is 179 Å². The summed E-state index contributed by atoms with van der Waals surface area (Å²) >= 11 is 16.6. The maximum atomic E-state index is 13.1. The number of Topliss-reactive ketones (excluding diaryl/α,β-unsaturated/α-hetero) is 1. The van der Waals surface area contributed by atoms with Crippen molar-refractivity contribution < 1.29 is 27.9 Å². The molecule has 1 aromatic rings. The molecule has 0 aromatic heterocycles. The molecule has 1 aromatic carbocycles. The van der Waals surface area contributed by atoms with Crippen molar-refractivity contribution in [3.63, 3.8) is 0 Å². The second kappa shape index (κ2) is 11.4. The largest absolute Gasteiger partial charge is 0.445 e. The summed E-state index contributed by atoms with van der Waals surface area (Å²) in [5.74, 6) is -1.63. The first-order valence-corrected chi connectivity index (χ1v) is 11.2. The molecule has 0 saturated carbocycles. The molecule has 1 amide bonds. The molecule has 0 saturated heterocycles. The lowest BCUT2D eigenvalue weighted by molar-refractivity contribution is 0.0965. The van der Waals surface area contributed by atoms with E-state index in [0.717, 1.165) is 5.56 Å². The number of carbonyl (C=O) groups is 2. The molecule has 1 N–H and O–H groups in total. The molecule has 0 aliphatic heterocycles. The Morgan fingerprint density at radius 1 is 1.18 bits per heavy atom.